The van der Waals surface area contributed by atoms with Crippen molar-refractivity contribution in [2.75, 3.05) is 16.8 Å². The molecule has 0 atom stereocenters. The smallest absolute Gasteiger partial charge is 0.259 e. The van der Waals surface area contributed by atoms with Gasteiger partial charge in [0, 0.05) is 30.7 Å². The third-order valence-electron chi connectivity index (χ3n) is 4.34. The van der Waals surface area contributed by atoms with Crippen LogP contribution in [-0.2, 0) is 0 Å². The Hall–Kier alpha value is -2.36. The van der Waals surface area contributed by atoms with Gasteiger partial charge >= 0.3 is 0 Å². The number of para-hydroxylation sites is 1. The molecule has 1 amide bonds. The number of pyridine rings is 1. The summed E-state index contributed by atoms with van der Waals surface area (Å²) in [6, 6.07) is 12.2. The molecule has 1 N–H and O–H groups in total. The van der Waals surface area contributed by atoms with Crippen LogP contribution in [0.25, 0.3) is 0 Å². The topological polar surface area (TPSA) is 45.2 Å². The maximum atomic E-state index is 12.8. The second kappa shape index (κ2) is 7.27. The molecule has 1 heterocycles. The third-order valence-corrected chi connectivity index (χ3v) is 4.34. The zero-order valence-corrected chi connectivity index (χ0v) is 13.5. The lowest BCUT2D eigenvalue weighted by molar-refractivity contribution is 0.0988. The summed E-state index contributed by atoms with van der Waals surface area (Å²) in [5, 5.41) is 3.50. The number of nitrogens with zero attached hydrogens (tertiary/aromatic N) is 2. The van der Waals surface area contributed by atoms with E-state index in [2.05, 4.69) is 10.3 Å². The largest absolute Gasteiger partial charge is 0.381 e. The SMILES string of the molecule is CCN(C(=O)c1cncc(NC2CCCC2)c1)c1ccccc1. The first-order chi connectivity index (χ1) is 11.3. The summed E-state index contributed by atoms with van der Waals surface area (Å²) in [6.45, 7) is 2.61. The molecule has 1 fully saturated rings. The molecule has 0 bridgehead atoms. The molecule has 1 saturated carbocycles. The number of hydrogen-bond donors (Lipinski definition) is 1. The normalized spacial score (nSPS) is 14.7. The van der Waals surface area contributed by atoms with E-state index in [0.717, 1.165) is 11.4 Å². The zero-order valence-electron chi connectivity index (χ0n) is 13.5. The molecular formula is C19H23N3O. The van der Waals surface area contributed by atoms with Crippen LogP contribution < -0.4 is 10.2 Å². The Kier molecular flexibility index (Phi) is 4.91. The van der Waals surface area contributed by atoms with Crippen molar-refractivity contribution in [1.82, 2.24) is 4.98 Å². The van der Waals surface area contributed by atoms with Crippen LogP contribution in [0, 0.1) is 0 Å². The standard InChI is InChI=1S/C19H23N3O/c1-2-22(18-10-4-3-5-11-18)19(23)15-12-17(14-20-13-15)21-16-8-6-7-9-16/h3-5,10-14,16,21H,2,6-9H2,1H3. The highest BCUT2D eigenvalue weighted by Crippen LogP contribution is 2.23. The van der Waals surface area contributed by atoms with Gasteiger partial charge in [-0.3, -0.25) is 9.78 Å². The summed E-state index contributed by atoms with van der Waals surface area (Å²) in [6.07, 6.45) is 8.40. The molecule has 23 heavy (non-hydrogen) atoms. The van der Waals surface area contributed by atoms with Gasteiger partial charge in [-0.2, -0.15) is 0 Å². The fourth-order valence-corrected chi connectivity index (χ4v) is 3.15. The van der Waals surface area contributed by atoms with E-state index in [9.17, 15) is 4.79 Å². The van der Waals surface area contributed by atoms with Gasteiger partial charge in [0.2, 0.25) is 0 Å². The van der Waals surface area contributed by atoms with Gasteiger partial charge in [-0.1, -0.05) is 31.0 Å². The van der Waals surface area contributed by atoms with Gasteiger partial charge < -0.3 is 10.2 Å². The number of anilines is 2. The van der Waals surface area contributed by atoms with Crippen molar-refractivity contribution in [1.29, 1.82) is 0 Å². The number of rotatable bonds is 5. The predicted molar refractivity (Wildman–Crippen MR) is 93.9 cm³/mol. The quantitative estimate of drug-likeness (QED) is 0.904. The second-order valence-electron chi connectivity index (χ2n) is 5.97. The minimum absolute atomic E-state index is 0.0127. The molecule has 1 aliphatic carbocycles. The minimum Gasteiger partial charge on any atom is -0.381 e. The Morgan fingerprint density at radius 3 is 2.65 bits per heavy atom. The fourth-order valence-electron chi connectivity index (χ4n) is 3.15. The first-order valence-corrected chi connectivity index (χ1v) is 8.36. The van der Waals surface area contributed by atoms with Crippen molar-refractivity contribution in [3.63, 3.8) is 0 Å². The highest BCUT2D eigenvalue weighted by atomic mass is 16.2. The van der Waals surface area contributed by atoms with Crippen molar-refractivity contribution < 1.29 is 4.79 Å². The Balaban J connectivity index is 1.78. The van der Waals surface area contributed by atoms with Crippen LogP contribution in [0.3, 0.4) is 0 Å². The highest BCUT2D eigenvalue weighted by Gasteiger charge is 2.18. The third kappa shape index (κ3) is 3.70. The van der Waals surface area contributed by atoms with Gasteiger partial charge in [-0.25, -0.2) is 0 Å². The number of carbonyl (C=O) groups is 1. The molecule has 0 saturated heterocycles. The van der Waals surface area contributed by atoms with E-state index >= 15 is 0 Å². The number of nitrogens with one attached hydrogen (secondary N) is 1. The summed E-state index contributed by atoms with van der Waals surface area (Å²) in [7, 11) is 0. The lowest BCUT2D eigenvalue weighted by Gasteiger charge is -2.21. The minimum atomic E-state index is -0.0127. The monoisotopic (exact) mass is 309 g/mol. The molecule has 0 aliphatic heterocycles. The number of hydrogen-bond acceptors (Lipinski definition) is 3. The van der Waals surface area contributed by atoms with Crippen molar-refractivity contribution in [2.24, 2.45) is 0 Å². The Morgan fingerprint density at radius 1 is 1.22 bits per heavy atom. The van der Waals surface area contributed by atoms with Crippen molar-refractivity contribution >= 4 is 17.3 Å². The lowest BCUT2D eigenvalue weighted by Crippen LogP contribution is -2.30. The lowest BCUT2D eigenvalue weighted by atomic mass is 10.2. The van der Waals surface area contributed by atoms with E-state index < -0.39 is 0 Å². The van der Waals surface area contributed by atoms with Gasteiger partial charge in [0.05, 0.1) is 11.3 Å². The van der Waals surface area contributed by atoms with Gasteiger partial charge in [0.25, 0.3) is 5.91 Å². The van der Waals surface area contributed by atoms with Gasteiger partial charge in [-0.05, 0) is 38.0 Å². The Labute approximate surface area is 137 Å². The maximum Gasteiger partial charge on any atom is 0.259 e. The van der Waals surface area contributed by atoms with Crippen molar-refractivity contribution in [3.05, 3.63) is 54.4 Å². The van der Waals surface area contributed by atoms with Crippen molar-refractivity contribution in [2.45, 2.75) is 38.6 Å². The average Bonchev–Trinajstić information content (AvgIpc) is 3.10. The summed E-state index contributed by atoms with van der Waals surface area (Å²) in [4.78, 5) is 18.8. The van der Waals surface area contributed by atoms with E-state index in [0.29, 0.717) is 18.2 Å². The van der Waals surface area contributed by atoms with E-state index in [1.807, 2.05) is 43.3 Å². The molecule has 4 nitrogen and oxygen atoms in total. The van der Waals surface area contributed by atoms with Gasteiger partial charge in [0.1, 0.15) is 0 Å². The van der Waals surface area contributed by atoms with Crippen LogP contribution in [-0.4, -0.2) is 23.5 Å². The summed E-state index contributed by atoms with van der Waals surface area (Å²) in [5.41, 5.74) is 2.47. The summed E-state index contributed by atoms with van der Waals surface area (Å²) >= 11 is 0. The van der Waals surface area contributed by atoms with Crippen LogP contribution >= 0.6 is 0 Å². The molecule has 4 heteroatoms. The van der Waals surface area contributed by atoms with E-state index in [1.54, 1.807) is 17.3 Å². The number of amides is 1. The van der Waals surface area contributed by atoms with Crippen LogP contribution in [0.15, 0.2) is 48.8 Å². The van der Waals surface area contributed by atoms with Crippen LogP contribution in [0.1, 0.15) is 43.0 Å². The Bertz CT molecular complexity index is 651. The van der Waals surface area contributed by atoms with Crippen LogP contribution in [0.5, 0.6) is 0 Å². The second-order valence-corrected chi connectivity index (χ2v) is 5.97. The number of carbonyl (C=O) groups excluding carboxylic acids is 1. The average molecular weight is 309 g/mol. The predicted octanol–water partition coefficient (Wildman–Crippen LogP) is 4.10. The van der Waals surface area contributed by atoms with Crippen LogP contribution in [0.2, 0.25) is 0 Å². The molecule has 0 spiro atoms. The zero-order chi connectivity index (χ0) is 16.1. The van der Waals surface area contributed by atoms with Gasteiger partial charge in [-0.15, -0.1) is 0 Å². The highest BCUT2D eigenvalue weighted by molar-refractivity contribution is 6.06. The summed E-state index contributed by atoms with van der Waals surface area (Å²) in [5.74, 6) is -0.0127. The van der Waals surface area contributed by atoms with Gasteiger partial charge in [0.15, 0.2) is 0 Å². The molecule has 1 aliphatic rings. The first kappa shape index (κ1) is 15.5. The summed E-state index contributed by atoms with van der Waals surface area (Å²) < 4.78 is 0. The van der Waals surface area contributed by atoms with Crippen molar-refractivity contribution in [3.8, 4) is 0 Å². The Morgan fingerprint density at radius 2 is 1.96 bits per heavy atom. The fraction of sp³-hybridized carbons (Fsp3) is 0.368. The molecule has 120 valence electrons. The molecule has 0 radical (unpaired) electrons. The maximum absolute atomic E-state index is 12.8. The van der Waals surface area contributed by atoms with E-state index in [1.165, 1.54) is 25.7 Å². The van der Waals surface area contributed by atoms with E-state index in [-0.39, 0.29) is 5.91 Å². The molecule has 1 aromatic heterocycles. The molecular weight excluding hydrogens is 286 g/mol. The first-order valence-electron chi connectivity index (χ1n) is 8.36. The van der Waals surface area contributed by atoms with Crippen LogP contribution in [0.4, 0.5) is 11.4 Å². The van der Waals surface area contributed by atoms with E-state index in [4.69, 9.17) is 0 Å². The molecule has 1 aromatic carbocycles. The number of aromatic nitrogens is 1. The number of benzene rings is 1. The molecule has 3 rings (SSSR count). The molecule has 0 unspecified atom stereocenters. The molecule has 2 aromatic rings.